The molecule has 2 rings (SSSR count). The fourth-order valence-electron chi connectivity index (χ4n) is 1.57. The van der Waals surface area contributed by atoms with E-state index in [1.165, 1.54) is 0 Å². The van der Waals surface area contributed by atoms with Gasteiger partial charge in [0.15, 0.2) is 6.23 Å². The van der Waals surface area contributed by atoms with Crippen molar-refractivity contribution < 1.29 is 9.47 Å². The fraction of sp³-hybridized carbons (Fsp3) is 0.273. The van der Waals surface area contributed by atoms with Crippen molar-refractivity contribution in [3.63, 3.8) is 0 Å². The van der Waals surface area contributed by atoms with Gasteiger partial charge in [-0.25, -0.2) is 0 Å². The first-order valence-electron chi connectivity index (χ1n) is 4.48. The van der Waals surface area contributed by atoms with E-state index in [4.69, 9.17) is 9.47 Å². The Kier molecular flexibility index (Phi) is 2.41. The molecule has 0 aromatic heterocycles. The fourth-order valence-corrected chi connectivity index (χ4v) is 1.57. The minimum Gasteiger partial charge on any atom is -0.497 e. The number of fused-ring (bicyclic) bond motifs is 1. The minimum atomic E-state index is -0.0547. The van der Waals surface area contributed by atoms with Crippen LogP contribution in [0.5, 0.6) is 5.75 Å². The highest BCUT2D eigenvalue weighted by molar-refractivity contribution is 5.58. The average molecular weight is 191 g/mol. The van der Waals surface area contributed by atoms with Gasteiger partial charge in [0, 0.05) is 12.7 Å². The second-order valence-corrected chi connectivity index (χ2v) is 3.11. The van der Waals surface area contributed by atoms with Gasteiger partial charge in [-0.3, -0.25) is 0 Å². The lowest BCUT2D eigenvalue weighted by Crippen LogP contribution is -2.20. The van der Waals surface area contributed by atoms with Crippen LogP contribution >= 0.6 is 0 Å². The SMILES string of the molecule is COc1ccc2c(c1)C=CNC2OC. The van der Waals surface area contributed by atoms with Gasteiger partial charge in [-0.2, -0.15) is 0 Å². The molecule has 0 radical (unpaired) electrons. The summed E-state index contributed by atoms with van der Waals surface area (Å²) < 4.78 is 10.4. The van der Waals surface area contributed by atoms with E-state index in [1.807, 2.05) is 30.5 Å². The van der Waals surface area contributed by atoms with E-state index in [-0.39, 0.29) is 6.23 Å². The van der Waals surface area contributed by atoms with Gasteiger partial charge in [0.25, 0.3) is 0 Å². The van der Waals surface area contributed by atoms with Crippen molar-refractivity contribution in [3.05, 3.63) is 35.5 Å². The molecule has 0 fully saturated rings. The number of hydrogen-bond donors (Lipinski definition) is 1. The molecule has 0 saturated carbocycles. The predicted molar refractivity (Wildman–Crippen MR) is 54.9 cm³/mol. The topological polar surface area (TPSA) is 30.5 Å². The van der Waals surface area contributed by atoms with Crippen molar-refractivity contribution in [1.82, 2.24) is 5.32 Å². The van der Waals surface area contributed by atoms with Crippen molar-refractivity contribution >= 4 is 6.08 Å². The molecule has 1 aromatic carbocycles. The van der Waals surface area contributed by atoms with Crippen LogP contribution in [0.25, 0.3) is 6.08 Å². The largest absolute Gasteiger partial charge is 0.497 e. The summed E-state index contributed by atoms with van der Waals surface area (Å²) in [5.41, 5.74) is 2.27. The van der Waals surface area contributed by atoms with Gasteiger partial charge in [0.05, 0.1) is 7.11 Å². The van der Waals surface area contributed by atoms with Crippen LogP contribution in [0.2, 0.25) is 0 Å². The van der Waals surface area contributed by atoms with Gasteiger partial charge in [-0.15, -0.1) is 0 Å². The molecule has 0 aliphatic carbocycles. The quantitative estimate of drug-likeness (QED) is 0.774. The maximum absolute atomic E-state index is 5.29. The molecular formula is C11H13NO2. The van der Waals surface area contributed by atoms with Crippen LogP contribution in [0.3, 0.4) is 0 Å². The van der Waals surface area contributed by atoms with Crippen LogP contribution in [0.1, 0.15) is 17.4 Å². The first-order valence-corrected chi connectivity index (χ1v) is 4.48. The molecule has 3 heteroatoms. The monoisotopic (exact) mass is 191 g/mol. The summed E-state index contributed by atoms with van der Waals surface area (Å²) in [6, 6.07) is 5.95. The number of nitrogens with one attached hydrogen (secondary N) is 1. The summed E-state index contributed by atoms with van der Waals surface area (Å²) in [5, 5.41) is 3.12. The summed E-state index contributed by atoms with van der Waals surface area (Å²) in [7, 11) is 3.35. The summed E-state index contributed by atoms with van der Waals surface area (Å²) >= 11 is 0. The number of ether oxygens (including phenoxy) is 2. The zero-order valence-electron chi connectivity index (χ0n) is 8.28. The Morgan fingerprint density at radius 3 is 2.86 bits per heavy atom. The number of rotatable bonds is 2. The summed E-state index contributed by atoms with van der Waals surface area (Å²) in [6.45, 7) is 0. The number of hydrogen-bond acceptors (Lipinski definition) is 3. The van der Waals surface area contributed by atoms with E-state index < -0.39 is 0 Å². The highest BCUT2D eigenvalue weighted by atomic mass is 16.5. The van der Waals surface area contributed by atoms with Crippen molar-refractivity contribution in [2.24, 2.45) is 0 Å². The van der Waals surface area contributed by atoms with Crippen LogP contribution in [0.15, 0.2) is 24.4 Å². The van der Waals surface area contributed by atoms with Crippen LogP contribution in [-0.4, -0.2) is 14.2 Å². The molecule has 0 bridgehead atoms. The van der Waals surface area contributed by atoms with Gasteiger partial charge in [0.1, 0.15) is 5.75 Å². The number of benzene rings is 1. The third-order valence-corrected chi connectivity index (χ3v) is 2.32. The third kappa shape index (κ3) is 1.46. The van der Waals surface area contributed by atoms with Gasteiger partial charge < -0.3 is 14.8 Å². The van der Waals surface area contributed by atoms with E-state index in [1.54, 1.807) is 14.2 Å². The molecule has 0 amide bonds. The maximum atomic E-state index is 5.29. The van der Waals surface area contributed by atoms with Crippen molar-refractivity contribution in [3.8, 4) is 5.75 Å². The standard InChI is InChI=1S/C11H13NO2/c1-13-9-3-4-10-8(7-9)5-6-12-11(10)14-2/h3-7,11-12H,1-2H3. The summed E-state index contributed by atoms with van der Waals surface area (Å²) in [6.07, 6.45) is 3.84. The van der Waals surface area contributed by atoms with Gasteiger partial charge in [-0.1, -0.05) is 6.07 Å². The molecule has 1 unspecified atom stereocenters. The Labute approximate surface area is 83.3 Å². The Bertz CT molecular complexity index is 360. The van der Waals surface area contributed by atoms with Crippen LogP contribution in [0, 0.1) is 0 Å². The zero-order valence-corrected chi connectivity index (χ0v) is 8.28. The predicted octanol–water partition coefficient (Wildman–Crippen LogP) is 1.91. The van der Waals surface area contributed by atoms with Crippen LogP contribution < -0.4 is 10.1 Å². The minimum absolute atomic E-state index is 0.0547. The normalized spacial score (nSPS) is 18.6. The first kappa shape index (κ1) is 9.09. The molecular weight excluding hydrogens is 178 g/mol. The molecule has 14 heavy (non-hydrogen) atoms. The van der Waals surface area contributed by atoms with E-state index in [2.05, 4.69) is 5.32 Å². The second-order valence-electron chi connectivity index (χ2n) is 3.11. The smallest absolute Gasteiger partial charge is 0.153 e. The Hall–Kier alpha value is -1.48. The molecule has 0 saturated heterocycles. The third-order valence-electron chi connectivity index (χ3n) is 2.32. The van der Waals surface area contributed by atoms with Crippen LogP contribution in [0.4, 0.5) is 0 Å². The van der Waals surface area contributed by atoms with Crippen molar-refractivity contribution in [2.45, 2.75) is 6.23 Å². The van der Waals surface area contributed by atoms with Gasteiger partial charge >= 0.3 is 0 Å². The summed E-state index contributed by atoms with van der Waals surface area (Å²) in [5.74, 6) is 0.866. The van der Waals surface area contributed by atoms with E-state index in [0.29, 0.717) is 0 Å². The zero-order chi connectivity index (χ0) is 9.97. The van der Waals surface area contributed by atoms with Crippen molar-refractivity contribution in [2.75, 3.05) is 14.2 Å². The van der Waals surface area contributed by atoms with E-state index in [0.717, 1.165) is 16.9 Å². The van der Waals surface area contributed by atoms with Crippen LogP contribution in [-0.2, 0) is 4.74 Å². The molecule has 1 aliphatic rings. The molecule has 74 valence electrons. The van der Waals surface area contributed by atoms with Gasteiger partial charge in [-0.05, 0) is 30.0 Å². The maximum Gasteiger partial charge on any atom is 0.153 e. The lowest BCUT2D eigenvalue weighted by atomic mass is 10.0. The Morgan fingerprint density at radius 2 is 2.14 bits per heavy atom. The van der Waals surface area contributed by atoms with Gasteiger partial charge in [0.2, 0.25) is 0 Å². The molecule has 1 aromatic rings. The molecule has 0 spiro atoms. The van der Waals surface area contributed by atoms with E-state index >= 15 is 0 Å². The Morgan fingerprint density at radius 1 is 1.29 bits per heavy atom. The lowest BCUT2D eigenvalue weighted by Gasteiger charge is -2.22. The highest BCUT2D eigenvalue weighted by Crippen LogP contribution is 2.27. The highest BCUT2D eigenvalue weighted by Gasteiger charge is 2.15. The number of methoxy groups -OCH3 is 2. The molecule has 1 atom stereocenters. The van der Waals surface area contributed by atoms with Crippen molar-refractivity contribution in [1.29, 1.82) is 0 Å². The molecule has 1 aliphatic heterocycles. The summed E-state index contributed by atoms with van der Waals surface area (Å²) in [4.78, 5) is 0. The average Bonchev–Trinajstić information content (AvgIpc) is 2.27. The first-order chi connectivity index (χ1) is 6.85. The second kappa shape index (κ2) is 3.72. The molecule has 3 nitrogen and oxygen atoms in total. The molecule has 1 N–H and O–H groups in total. The molecule has 1 heterocycles. The lowest BCUT2D eigenvalue weighted by molar-refractivity contribution is 0.0848. The Balaban J connectivity index is 2.42. The van der Waals surface area contributed by atoms with E-state index in [9.17, 15) is 0 Å².